The zero-order chi connectivity index (χ0) is 22.7. The Morgan fingerprint density at radius 3 is 2.28 bits per heavy atom. The highest BCUT2D eigenvalue weighted by atomic mass is 16.6. The molecule has 3 aromatic rings. The van der Waals surface area contributed by atoms with Crippen LogP contribution in [0.5, 0.6) is 0 Å². The molecule has 3 aromatic carbocycles. The number of ketones is 1. The number of nitro groups is 1. The van der Waals surface area contributed by atoms with Gasteiger partial charge >= 0.3 is 0 Å². The lowest BCUT2D eigenvalue weighted by atomic mass is 9.95. The Bertz CT molecular complexity index is 1250. The van der Waals surface area contributed by atoms with Crippen LogP contribution in [-0.4, -0.2) is 21.7 Å². The fourth-order valence-electron chi connectivity index (χ4n) is 3.66. The third-order valence-electron chi connectivity index (χ3n) is 5.13. The average molecular weight is 426 g/mol. The summed E-state index contributed by atoms with van der Waals surface area (Å²) in [6.07, 6.45) is 2.87. The van der Waals surface area contributed by atoms with E-state index < -0.39 is 28.4 Å². The van der Waals surface area contributed by atoms with Crippen LogP contribution in [0.15, 0.2) is 102 Å². The normalized spacial score (nSPS) is 16.1. The van der Waals surface area contributed by atoms with Crippen molar-refractivity contribution in [2.45, 2.75) is 6.04 Å². The summed E-state index contributed by atoms with van der Waals surface area (Å²) < 4.78 is 0. The molecule has 4 rings (SSSR count). The summed E-state index contributed by atoms with van der Waals surface area (Å²) in [6.45, 7) is 0. The van der Waals surface area contributed by atoms with Crippen molar-refractivity contribution in [3.63, 3.8) is 0 Å². The Balaban J connectivity index is 1.82. The lowest BCUT2D eigenvalue weighted by Gasteiger charge is -2.26. The number of rotatable bonds is 6. The van der Waals surface area contributed by atoms with E-state index in [1.807, 2.05) is 30.3 Å². The quantitative estimate of drug-likeness (QED) is 0.347. The zero-order valence-electron chi connectivity index (χ0n) is 16.8. The Morgan fingerprint density at radius 1 is 0.969 bits per heavy atom. The van der Waals surface area contributed by atoms with Crippen molar-refractivity contribution in [2.24, 2.45) is 0 Å². The van der Waals surface area contributed by atoms with Crippen LogP contribution in [0.3, 0.4) is 0 Å². The van der Waals surface area contributed by atoms with Gasteiger partial charge in [-0.1, -0.05) is 66.7 Å². The number of para-hydroxylation sites is 1. The molecule has 1 aliphatic heterocycles. The van der Waals surface area contributed by atoms with Crippen LogP contribution < -0.4 is 4.90 Å². The first-order valence-corrected chi connectivity index (χ1v) is 9.81. The highest BCUT2D eigenvalue weighted by molar-refractivity contribution is 6.19. The second kappa shape index (κ2) is 8.69. The minimum atomic E-state index is -1.02. The standard InChI is InChI=1S/C25H18N2O5/c28-21(15-14-17-8-3-1-4-9-17)22-23(18-10-7-13-20(16-18)27(31)32)26(25(30)24(22)29)19-11-5-2-6-12-19/h1-16,23,29H. The number of carbonyl (C=O) groups is 2. The molecule has 1 N–H and O–H groups in total. The van der Waals surface area contributed by atoms with Crippen molar-refractivity contribution in [1.29, 1.82) is 0 Å². The lowest BCUT2D eigenvalue weighted by molar-refractivity contribution is -0.384. The molecule has 1 aliphatic rings. The van der Waals surface area contributed by atoms with Crippen LogP contribution in [0.2, 0.25) is 0 Å². The largest absolute Gasteiger partial charge is 0.503 e. The summed E-state index contributed by atoms with van der Waals surface area (Å²) in [5, 5.41) is 22.0. The summed E-state index contributed by atoms with van der Waals surface area (Å²) in [5.74, 6) is -1.98. The minimum absolute atomic E-state index is 0.133. The molecule has 0 fully saturated rings. The number of allylic oxidation sites excluding steroid dienone is 1. The van der Waals surface area contributed by atoms with E-state index in [2.05, 4.69) is 0 Å². The second-order valence-corrected chi connectivity index (χ2v) is 7.14. The van der Waals surface area contributed by atoms with Gasteiger partial charge in [-0.2, -0.15) is 0 Å². The topological polar surface area (TPSA) is 101 Å². The highest BCUT2D eigenvalue weighted by Gasteiger charge is 2.44. The van der Waals surface area contributed by atoms with Crippen molar-refractivity contribution < 1.29 is 19.6 Å². The molecule has 0 saturated heterocycles. The van der Waals surface area contributed by atoms with E-state index in [1.54, 1.807) is 42.5 Å². The second-order valence-electron chi connectivity index (χ2n) is 7.14. The zero-order valence-corrected chi connectivity index (χ0v) is 16.8. The molecule has 0 saturated carbocycles. The Morgan fingerprint density at radius 2 is 1.62 bits per heavy atom. The van der Waals surface area contributed by atoms with Crippen molar-refractivity contribution in [2.75, 3.05) is 4.90 Å². The van der Waals surface area contributed by atoms with Gasteiger partial charge in [-0.3, -0.25) is 24.6 Å². The number of hydrogen-bond acceptors (Lipinski definition) is 5. The summed E-state index contributed by atoms with van der Waals surface area (Å²) in [4.78, 5) is 38.2. The van der Waals surface area contributed by atoms with Gasteiger partial charge in [0.05, 0.1) is 16.5 Å². The van der Waals surface area contributed by atoms with Crippen molar-refractivity contribution in [3.8, 4) is 0 Å². The first-order chi connectivity index (χ1) is 15.5. The molecular formula is C25H18N2O5. The number of non-ortho nitro benzene ring substituents is 1. The number of benzene rings is 3. The van der Waals surface area contributed by atoms with Gasteiger partial charge in [0.15, 0.2) is 11.5 Å². The molecule has 1 atom stereocenters. The number of nitrogens with zero attached hydrogens (tertiary/aromatic N) is 2. The summed E-state index contributed by atoms with van der Waals surface area (Å²) in [5.41, 5.74) is 1.26. The SMILES string of the molecule is O=C(C=Cc1ccccc1)C1=C(O)C(=O)N(c2ccccc2)C1c1cccc([N+](=O)[O-])c1. The number of hydrogen-bond donors (Lipinski definition) is 1. The van der Waals surface area contributed by atoms with Gasteiger partial charge in [-0.15, -0.1) is 0 Å². The van der Waals surface area contributed by atoms with Crippen molar-refractivity contribution >= 4 is 29.1 Å². The molecule has 1 amide bonds. The van der Waals surface area contributed by atoms with Crippen LogP contribution in [0, 0.1) is 10.1 Å². The third kappa shape index (κ3) is 3.91. The number of nitro benzene ring substituents is 1. The molecule has 1 unspecified atom stereocenters. The van der Waals surface area contributed by atoms with E-state index in [1.165, 1.54) is 29.2 Å². The number of aliphatic hydroxyl groups is 1. The van der Waals surface area contributed by atoms with Gasteiger partial charge in [-0.05, 0) is 29.3 Å². The molecule has 7 heteroatoms. The maximum atomic E-state index is 13.1. The fraction of sp³-hybridized carbons (Fsp3) is 0.0400. The smallest absolute Gasteiger partial charge is 0.294 e. The molecule has 158 valence electrons. The average Bonchev–Trinajstić information content (AvgIpc) is 3.09. The number of aliphatic hydroxyl groups excluding tert-OH is 1. The fourth-order valence-corrected chi connectivity index (χ4v) is 3.66. The van der Waals surface area contributed by atoms with Gasteiger partial charge < -0.3 is 5.11 Å². The molecular weight excluding hydrogens is 408 g/mol. The predicted molar refractivity (Wildman–Crippen MR) is 120 cm³/mol. The molecule has 0 radical (unpaired) electrons. The predicted octanol–water partition coefficient (Wildman–Crippen LogP) is 4.78. The molecule has 32 heavy (non-hydrogen) atoms. The van der Waals surface area contributed by atoms with E-state index in [4.69, 9.17) is 0 Å². The Labute approximate surface area is 183 Å². The number of carbonyl (C=O) groups excluding carboxylic acids is 2. The van der Waals surface area contributed by atoms with E-state index in [0.29, 0.717) is 11.3 Å². The minimum Gasteiger partial charge on any atom is -0.503 e. The van der Waals surface area contributed by atoms with Crippen LogP contribution in [0.1, 0.15) is 17.2 Å². The molecule has 0 aromatic heterocycles. The Kier molecular flexibility index (Phi) is 5.63. The lowest BCUT2D eigenvalue weighted by Crippen LogP contribution is -2.30. The molecule has 0 spiro atoms. The highest BCUT2D eigenvalue weighted by Crippen LogP contribution is 2.41. The van der Waals surface area contributed by atoms with E-state index >= 15 is 0 Å². The van der Waals surface area contributed by atoms with Crippen LogP contribution in [-0.2, 0) is 9.59 Å². The molecule has 7 nitrogen and oxygen atoms in total. The Hall–Kier alpha value is -4.52. The third-order valence-corrected chi connectivity index (χ3v) is 5.13. The maximum absolute atomic E-state index is 13.1. The van der Waals surface area contributed by atoms with E-state index in [0.717, 1.165) is 5.56 Å². The van der Waals surface area contributed by atoms with Gasteiger partial charge in [0.25, 0.3) is 11.6 Å². The summed E-state index contributed by atoms with van der Waals surface area (Å²) in [6, 6.07) is 22.4. The molecule has 0 bridgehead atoms. The van der Waals surface area contributed by atoms with Crippen LogP contribution in [0.25, 0.3) is 6.08 Å². The van der Waals surface area contributed by atoms with Crippen LogP contribution in [0.4, 0.5) is 11.4 Å². The first-order valence-electron chi connectivity index (χ1n) is 9.81. The van der Waals surface area contributed by atoms with Crippen molar-refractivity contribution in [1.82, 2.24) is 0 Å². The van der Waals surface area contributed by atoms with Crippen LogP contribution >= 0.6 is 0 Å². The van der Waals surface area contributed by atoms with E-state index in [-0.39, 0.29) is 11.3 Å². The van der Waals surface area contributed by atoms with Gasteiger partial charge in [-0.25, -0.2) is 0 Å². The first kappa shape index (κ1) is 20.7. The summed E-state index contributed by atoms with van der Waals surface area (Å²) >= 11 is 0. The molecule has 1 heterocycles. The summed E-state index contributed by atoms with van der Waals surface area (Å²) in [7, 11) is 0. The maximum Gasteiger partial charge on any atom is 0.294 e. The molecule has 0 aliphatic carbocycles. The van der Waals surface area contributed by atoms with Gasteiger partial charge in [0, 0.05) is 17.8 Å². The van der Waals surface area contributed by atoms with Gasteiger partial charge in [0.1, 0.15) is 0 Å². The number of anilines is 1. The monoisotopic (exact) mass is 426 g/mol. The van der Waals surface area contributed by atoms with Gasteiger partial charge in [0.2, 0.25) is 0 Å². The van der Waals surface area contributed by atoms with Crippen molar-refractivity contribution in [3.05, 3.63) is 124 Å². The van der Waals surface area contributed by atoms with E-state index in [9.17, 15) is 24.8 Å². The number of amides is 1.